The average Bonchev–Trinajstić information content (AvgIpc) is 2.40. The first kappa shape index (κ1) is 11.9. The standard InChI is InChI=1S/C14H12N2O2S/c15-9-3-6-12-11(7-9)13(18)16-14(19-12)8-1-4-10(17)5-2-8/h1-7,14,17H,15H2,(H,16,18). The number of phenolic OH excluding ortho intramolecular Hbond substituents is 1. The molecule has 0 aliphatic carbocycles. The van der Waals surface area contributed by atoms with Crippen LogP contribution in [-0.4, -0.2) is 11.0 Å². The first-order valence-electron chi connectivity index (χ1n) is 5.79. The maximum Gasteiger partial charge on any atom is 0.253 e. The van der Waals surface area contributed by atoms with Gasteiger partial charge in [-0.05, 0) is 35.9 Å². The molecule has 2 aromatic rings. The lowest BCUT2D eigenvalue weighted by atomic mass is 10.1. The van der Waals surface area contributed by atoms with E-state index in [9.17, 15) is 9.90 Å². The maximum absolute atomic E-state index is 12.1. The molecule has 4 nitrogen and oxygen atoms in total. The van der Waals surface area contributed by atoms with E-state index >= 15 is 0 Å². The number of thioether (sulfide) groups is 1. The van der Waals surface area contributed by atoms with Crippen LogP contribution in [-0.2, 0) is 0 Å². The number of rotatable bonds is 1. The summed E-state index contributed by atoms with van der Waals surface area (Å²) in [6.45, 7) is 0. The van der Waals surface area contributed by atoms with Gasteiger partial charge in [-0.3, -0.25) is 4.79 Å². The number of amides is 1. The van der Waals surface area contributed by atoms with Crippen LogP contribution in [0.25, 0.3) is 0 Å². The monoisotopic (exact) mass is 272 g/mol. The van der Waals surface area contributed by atoms with Gasteiger partial charge in [-0.25, -0.2) is 0 Å². The number of hydrogen-bond acceptors (Lipinski definition) is 4. The van der Waals surface area contributed by atoms with Gasteiger partial charge in [-0.15, -0.1) is 0 Å². The molecule has 5 heteroatoms. The number of nitrogens with one attached hydrogen (secondary N) is 1. The molecule has 0 saturated carbocycles. The number of nitrogen functional groups attached to an aromatic ring is 1. The molecule has 4 N–H and O–H groups in total. The Morgan fingerprint density at radius 1 is 1.16 bits per heavy atom. The summed E-state index contributed by atoms with van der Waals surface area (Å²) in [5.74, 6) is 0.0863. The third-order valence-electron chi connectivity index (χ3n) is 2.95. The lowest BCUT2D eigenvalue weighted by molar-refractivity contribution is 0.0943. The van der Waals surface area contributed by atoms with Gasteiger partial charge in [0, 0.05) is 10.6 Å². The van der Waals surface area contributed by atoms with E-state index in [1.807, 2.05) is 6.07 Å². The van der Waals surface area contributed by atoms with Crippen LogP contribution in [0.1, 0.15) is 21.3 Å². The van der Waals surface area contributed by atoms with Gasteiger partial charge in [0.15, 0.2) is 0 Å². The zero-order valence-electron chi connectivity index (χ0n) is 9.96. The van der Waals surface area contributed by atoms with Crippen LogP contribution < -0.4 is 11.1 Å². The van der Waals surface area contributed by atoms with Gasteiger partial charge in [-0.1, -0.05) is 23.9 Å². The van der Waals surface area contributed by atoms with Crippen molar-refractivity contribution >= 4 is 23.4 Å². The van der Waals surface area contributed by atoms with Gasteiger partial charge in [-0.2, -0.15) is 0 Å². The van der Waals surface area contributed by atoms with Crippen molar-refractivity contribution in [3.05, 3.63) is 53.6 Å². The molecule has 0 saturated heterocycles. The molecule has 0 spiro atoms. The quantitative estimate of drug-likeness (QED) is 0.697. The highest BCUT2D eigenvalue weighted by molar-refractivity contribution is 7.99. The topological polar surface area (TPSA) is 75.4 Å². The maximum atomic E-state index is 12.1. The van der Waals surface area contributed by atoms with Gasteiger partial charge in [0.1, 0.15) is 11.1 Å². The minimum atomic E-state index is -0.149. The van der Waals surface area contributed by atoms with Crippen LogP contribution in [0.2, 0.25) is 0 Å². The summed E-state index contributed by atoms with van der Waals surface area (Å²) in [5.41, 5.74) is 7.82. The molecule has 2 aromatic carbocycles. The van der Waals surface area contributed by atoms with E-state index in [1.165, 1.54) is 0 Å². The van der Waals surface area contributed by atoms with Crippen LogP contribution >= 0.6 is 11.8 Å². The molecular formula is C14H12N2O2S. The van der Waals surface area contributed by atoms with Crippen LogP contribution in [0.15, 0.2) is 47.4 Å². The van der Waals surface area contributed by atoms with Crippen molar-refractivity contribution in [1.29, 1.82) is 0 Å². The van der Waals surface area contributed by atoms with E-state index in [0.29, 0.717) is 11.3 Å². The van der Waals surface area contributed by atoms with Crippen LogP contribution in [0.5, 0.6) is 5.75 Å². The van der Waals surface area contributed by atoms with Gasteiger partial charge < -0.3 is 16.2 Å². The van der Waals surface area contributed by atoms with E-state index in [0.717, 1.165) is 10.5 Å². The Bertz CT molecular complexity index is 640. The Balaban J connectivity index is 1.95. The molecule has 3 rings (SSSR count). The molecule has 1 heterocycles. The van der Waals surface area contributed by atoms with Gasteiger partial charge in [0.25, 0.3) is 5.91 Å². The molecule has 1 unspecified atom stereocenters. The molecular weight excluding hydrogens is 260 g/mol. The van der Waals surface area contributed by atoms with Crippen molar-refractivity contribution in [2.45, 2.75) is 10.3 Å². The Morgan fingerprint density at radius 2 is 1.89 bits per heavy atom. The summed E-state index contributed by atoms with van der Waals surface area (Å²) in [6.07, 6.45) is 0. The zero-order valence-corrected chi connectivity index (χ0v) is 10.8. The summed E-state index contributed by atoms with van der Waals surface area (Å²) >= 11 is 1.56. The Hall–Kier alpha value is -2.14. The summed E-state index contributed by atoms with van der Waals surface area (Å²) in [5, 5.41) is 12.1. The van der Waals surface area contributed by atoms with Crippen molar-refractivity contribution in [3.63, 3.8) is 0 Å². The number of nitrogens with two attached hydrogens (primary N) is 1. The molecule has 1 atom stereocenters. The number of carbonyl (C=O) groups is 1. The summed E-state index contributed by atoms with van der Waals surface area (Å²) < 4.78 is 0. The third-order valence-corrected chi connectivity index (χ3v) is 4.19. The molecule has 0 aromatic heterocycles. The number of anilines is 1. The highest BCUT2D eigenvalue weighted by Gasteiger charge is 2.25. The van der Waals surface area contributed by atoms with Gasteiger partial charge >= 0.3 is 0 Å². The SMILES string of the molecule is Nc1ccc2c(c1)C(=O)NC(c1ccc(O)cc1)S2. The molecule has 0 radical (unpaired) electrons. The predicted molar refractivity (Wildman–Crippen MR) is 75.0 cm³/mol. The first-order chi connectivity index (χ1) is 9.13. The fourth-order valence-electron chi connectivity index (χ4n) is 1.98. The largest absolute Gasteiger partial charge is 0.508 e. The summed E-state index contributed by atoms with van der Waals surface area (Å²) in [6, 6.07) is 12.2. The smallest absolute Gasteiger partial charge is 0.253 e. The van der Waals surface area contributed by atoms with Crippen molar-refractivity contribution in [2.75, 3.05) is 5.73 Å². The predicted octanol–water partition coefficient (Wildman–Crippen LogP) is 2.51. The number of aromatic hydroxyl groups is 1. The Morgan fingerprint density at radius 3 is 2.63 bits per heavy atom. The highest BCUT2D eigenvalue weighted by atomic mass is 32.2. The third kappa shape index (κ3) is 2.24. The fourth-order valence-corrected chi connectivity index (χ4v) is 3.12. The van der Waals surface area contributed by atoms with Crippen molar-refractivity contribution < 1.29 is 9.90 Å². The number of hydrogen-bond donors (Lipinski definition) is 3. The van der Waals surface area contributed by atoms with E-state index in [-0.39, 0.29) is 17.0 Å². The van der Waals surface area contributed by atoms with E-state index in [1.54, 1.807) is 48.2 Å². The second-order valence-corrected chi connectivity index (χ2v) is 5.47. The molecule has 0 bridgehead atoms. The second-order valence-electron chi connectivity index (χ2n) is 4.32. The minimum Gasteiger partial charge on any atom is -0.508 e. The van der Waals surface area contributed by atoms with Crippen molar-refractivity contribution in [3.8, 4) is 5.75 Å². The van der Waals surface area contributed by atoms with E-state index < -0.39 is 0 Å². The van der Waals surface area contributed by atoms with E-state index in [2.05, 4.69) is 5.32 Å². The number of carbonyl (C=O) groups excluding carboxylic acids is 1. The van der Waals surface area contributed by atoms with Gasteiger partial charge in [0.2, 0.25) is 0 Å². The summed E-state index contributed by atoms with van der Waals surface area (Å²) in [4.78, 5) is 13.0. The Kier molecular flexibility index (Phi) is 2.83. The molecule has 0 fully saturated rings. The van der Waals surface area contributed by atoms with Gasteiger partial charge in [0.05, 0.1) is 5.56 Å². The molecule has 1 aliphatic heterocycles. The lowest BCUT2D eigenvalue weighted by Gasteiger charge is -2.25. The fraction of sp³-hybridized carbons (Fsp3) is 0.0714. The minimum absolute atomic E-state index is 0.126. The van der Waals surface area contributed by atoms with Crippen molar-refractivity contribution in [2.24, 2.45) is 0 Å². The van der Waals surface area contributed by atoms with E-state index in [4.69, 9.17) is 5.73 Å². The van der Waals surface area contributed by atoms with Crippen LogP contribution in [0, 0.1) is 0 Å². The molecule has 1 amide bonds. The van der Waals surface area contributed by atoms with Crippen molar-refractivity contribution in [1.82, 2.24) is 5.32 Å². The zero-order chi connectivity index (χ0) is 13.4. The number of fused-ring (bicyclic) bond motifs is 1. The molecule has 1 aliphatic rings. The Labute approximate surface area is 114 Å². The van der Waals surface area contributed by atoms with Crippen LogP contribution in [0.4, 0.5) is 5.69 Å². The highest BCUT2D eigenvalue weighted by Crippen LogP contribution is 2.39. The number of benzene rings is 2. The van der Waals surface area contributed by atoms with Crippen LogP contribution in [0.3, 0.4) is 0 Å². The molecule has 19 heavy (non-hydrogen) atoms. The normalized spacial score (nSPS) is 17.7. The average molecular weight is 272 g/mol. The summed E-state index contributed by atoms with van der Waals surface area (Å²) in [7, 11) is 0. The molecule has 96 valence electrons. The number of phenols is 1. The lowest BCUT2D eigenvalue weighted by Crippen LogP contribution is -2.30. The first-order valence-corrected chi connectivity index (χ1v) is 6.67. The second kappa shape index (κ2) is 4.51.